The van der Waals surface area contributed by atoms with Crippen molar-refractivity contribution in [3.63, 3.8) is 0 Å². The smallest absolute Gasteiger partial charge is 0.107 e. The van der Waals surface area contributed by atoms with Gasteiger partial charge in [-0.25, -0.2) is 0 Å². The van der Waals surface area contributed by atoms with Gasteiger partial charge in [-0.1, -0.05) is 24.6 Å². The first-order valence-electron chi connectivity index (χ1n) is 6.08. The molecule has 1 atom stereocenters. The molecule has 96 valence electrons. The van der Waals surface area contributed by atoms with Gasteiger partial charge in [-0.3, -0.25) is 4.68 Å². The highest BCUT2D eigenvalue weighted by molar-refractivity contribution is 6.30. The molecule has 0 spiro atoms. The minimum atomic E-state index is -0.645. The molecular formula is C14H17ClN2O. The van der Waals surface area contributed by atoms with Crippen LogP contribution in [0.1, 0.15) is 36.1 Å². The second-order valence-corrected chi connectivity index (χ2v) is 4.88. The summed E-state index contributed by atoms with van der Waals surface area (Å²) in [6.07, 6.45) is 3.99. The van der Waals surface area contributed by atoms with Gasteiger partial charge in [0, 0.05) is 23.3 Å². The SMILES string of the molecule is CCCn1cc(C(O)c2ccc(Cl)cc2C)cn1. The van der Waals surface area contributed by atoms with E-state index in [1.54, 1.807) is 12.3 Å². The molecule has 0 aliphatic carbocycles. The van der Waals surface area contributed by atoms with Crippen LogP contribution < -0.4 is 0 Å². The molecule has 0 amide bonds. The number of aryl methyl sites for hydroxylation is 2. The number of aliphatic hydroxyl groups excluding tert-OH is 1. The number of hydrogen-bond donors (Lipinski definition) is 1. The normalized spacial score (nSPS) is 12.7. The molecule has 0 fully saturated rings. The van der Waals surface area contributed by atoms with E-state index in [-0.39, 0.29) is 0 Å². The molecule has 0 saturated heterocycles. The molecule has 1 N–H and O–H groups in total. The molecule has 2 aromatic rings. The quantitative estimate of drug-likeness (QED) is 0.920. The van der Waals surface area contributed by atoms with Crippen LogP contribution in [0.3, 0.4) is 0 Å². The lowest BCUT2D eigenvalue weighted by Crippen LogP contribution is -2.01. The van der Waals surface area contributed by atoms with Crippen LogP contribution in [0.2, 0.25) is 5.02 Å². The molecule has 4 heteroatoms. The maximum absolute atomic E-state index is 10.3. The van der Waals surface area contributed by atoms with E-state index in [1.807, 2.05) is 29.9 Å². The number of aliphatic hydroxyl groups is 1. The lowest BCUT2D eigenvalue weighted by molar-refractivity contribution is 0.219. The van der Waals surface area contributed by atoms with Crippen LogP contribution in [-0.2, 0) is 6.54 Å². The van der Waals surface area contributed by atoms with E-state index >= 15 is 0 Å². The van der Waals surface area contributed by atoms with Gasteiger partial charge in [0.15, 0.2) is 0 Å². The van der Waals surface area contributed by atoms with Crippen molar-refractivity contribution < 1.29 is 5.11 Å². The molecule has 0 aliphatic rings. The molecule has 2 rings (SSSR count). The van der Waals surface area contributed by atoms with Crippen LogP contribution in [0.25, 0.3) is 0 Å². The molecule has 0 bridgehead atoms. The lowest BCUT2D eigenvalue weighted by atomic mass is 10.00. The lowest BCUT2D eigenvalue weighted by Gasteiger charge is -2.12. The van der Waals surface area contributed by atoms with E-state index in [9.17, 15) is 5.11 Å². The summed E-state index contributed by atoms with van der Waals surface area (Å²) in [4.78, 5) is 0. The number of hydrogen-bond acceptors (Lipinski definition) is 2. The zero-order chi connectivity index (χ0) is 13.1. The number of benzene rings is 1. The Bertz CT molecular complexity index is 536. The van der Waals surface area contributed by atoms with Crippen molar-refractivity contribution in [1.82, 2.24) is 9.78 Å². The van der Waals surface area contributed by atoms with Gasteiger partial charge in [-0.2, -0.15) is 5.10 Å². The Morgan fingerprint density at radius 3 is 2.89 bits per heavy atom. The second-order valence-electron chi connectivity index (χ2n) is 4.44. The topological polar surface area (TPSA) is 38.0 Å². The van der Waals surface area contributed by atoms with Crippen LogP contribution in [0.4, 0.5) is 0 Å². The molecule has 0 aliphatic heterocycles. The number of aromatic nitrogens is 2. The minimum absolute atomic E-state index is 0.645. The van der Waals surface area contributed by atoms with Crippen molar-refractivity contribution in [3.8, 4) is 0 Å². The summed E-state index contributed by atoms with van der Waals surface area (Å²) in [5.74, 6) is 0. The molecular weight excluding hydrogens is 248 g/mol. The van der Waals surface area contributed by atoms with Crippen LogP contribution >= 0.6 is 11.6 Å². The summed E-state index contributed by atoms with van der Waals surface area (Å²) in [5.41, 5.74) is 2.67. The number of nitrogens with zero attached hydrogens (tertiary/aromatic N) is 2. The number of rotatable bonds is 4. The largest absolute Gasteiger partial charge is 0.384 e. The summed E-state index contributed by atoms with van der Waals surface area (Å²) in [5, 5.41) is 15.3. The molecule has 0 saturated carbocycles. The van der Waals surface area contributed by atoms with Gasteiger partial charge >= 0.3 is 0 Å². The summed E-state index contributed by atoms with van der Waals surface area (Å²) < 4.78 is 1.85. The minimum Gasteiger partial charge on any atom is -0.384 e. The zero-order valence-electron chi connectivity index (χ0n) is 10.6. The first-order valence-corrected chi connectivity index (χ1v) is 6.46. The maximum Gasteiger partial charge on any atom is 0.107 e. The number of halogens is 1. The average Bonchev–Trinajstić information content (AvgIpc) is 2.77. The second kappa shape index (κ2) is 5.55. The van der Waals surface area contributed by atoms with Crippen molar-refractivity contribution in [2.45, 2.75) is 32.9 Å². The van der Waals surface area contributed by atoms with Gasteiger partial charge in [0.1, 0.15) is 6.10 Å². The Hall–Kier alpha value is -1.32. The van der Waals surface area contributed by atoms with Gasteiger partial charge in [0.05, 0.1) is 6.20 Å². The van der Waals surface area contributed by atoms with Crippen molar-refractivity contribution in [2.75, 3.05) is 0 Å². The standard InChI is InChI=1S/C14H17ClN2O/c1-3-6-17-9-11(8-16-17)14(18)13-5-4-12(15)7-10(13)2/h4-5,7-9,14,18H,3,6H2,1-2H3. The maximum atomic E-state index is 10.3. The van der Waals surface area contributed by atoms with Gasteiger partial charge in [-0.15, -0.1) is 0 Å². The molecule has 3 nitrogen and oxygen atoms in total. The predicted octanol–water partition coefficient (Wildman–Crippen LogP) is 3.34. The summed E-state index contributed by atoms with van der Waals surface area (Å²) >= 11 is 5.91. The Morgan fingerprint density at radius 1 is 1.44 bits per heavy atom. The fourth-order valence-corrected chi connectivity index (χ4v) is 2.22. The summed E-state index contributed by atoms with van der Waals surface area (Å²) in [6.45, 7) is 4.91. The van der Waals surface area contributed by atoms with Gasteiger partial charge in [0.25, 0.3) is 0 Å². The highest BCUT2D eigenvalue weighted by Gasteiger charge is 2.14. The predicted molar refractivity (Wildman–Crippen MR) is 72.8 cm³/mol. The van der Waals surface area contributed by atoms with Crippen molar-refractivity contribution in [1.29, 1.82) is 0 Å². The Balaban J connectivity index is 2.26. The highest BCUT2D eigenvalue weighted by atomic mass is 35.5. The van der Waals surface area contributed by atoms with E-state index < -0.39 is 6.10 Å². The fraction of sp³-hybridized carbons (Fsp3) is 0.357. The van der Waals surface area contributed by atoms with E-state index in [4.69, 9.17) is 11.6 Å². The summed E-state index contributed by atoms with van der Waals surface area (Å²) in [6, 6.07) is 5.51. The molecule has 1 unspecified atom stereocenters. The van der Waals surface area contributed by atoms with Crippen LogP contribution in [0, 0.1) is 6.92 Å². The molecule has 1 heterocycles. The van der Waals surface area contributed by atoms with Crippen LogP contribution in [0.5, 0.6) is 0 Å². The van der Waals surface area contributed by atoms with Gasteiger partial charge in [-0.05, 0) is 36.6 Å². The monoisotopic (exact) mass is 264 g/mol. The highest BCUT2D eigenvalue weighted by Crippen LogP contribution is 2.26. The van der Waals surface area contributed by atoms with Crippen LogP contribution in [0.15, 0.2) is 30.6 Å². The van der Waals surface area contributed by atoms with Crippen molar-refractivity contribution >= 4 is 11.6 Å². The molecule has 1 aromatic carbocycles. The van der Waals surface area contributed by atoms with E-state index in [0.717, 1.165) is 29.7 Å². The third-order valence-electron chi connectivity index (χ3n) is 2.95. The van der Waals surface area contributed by atoms with E-state index in [0.29, 0.717) is 5.02 Å². The van der Waals surface area contributed by atoms with E-state index in [1.165, 1.54) is 0 Å². The van der Waals surface area contributed by atoms with Crippen molar-refractivity contribution in [2.24, 2.45) is 0 Å². The molecule has 18 heavy (non-hydrogen) atoms. The third-order valence-corrected chi connectivity index (χ3v) is 3.18. The Morgan fingerprint density at radius 2 is 2.22 bits per heavy atom. The molecule has 0 radical (unpaired) electrons. The zero-order valence-corrected chi connectivity index (χ0v) is 11.4. The van der Waals surface area contributed by atoms with Gasteiger partial charge in [0.2, 0.25) is 0 Å². The van der Waals surface area contributed by atoms with Gasteiger partial charge < -0.3 is 5.11 Å². The van der Waals surface area contributed by atoms with Crippen LogP contribution in [-0.4, -0.2) is 14.9 Å². The summed E-state index contributed by atoms with van der Waals surface area (Å²) in [7, 11) is 0. The Kier molecular flexibility index (Phi) is 4.04. The fourth-order valence-electron chi connectivity index (χ4n) is 2.00. The average molecular weight is 265 g/mol. The first kappa shape index (κ1) is 13.1. The first-order chi connectivity index (χ1) is 8.61. The third kappa shape index (κ3) is 2.74. The van der Waals surface area contributed by atoms with E-state index in [2.05, 4.69) is 12.0 Å². The Labute approximate surface area is 112 Å². The molecule has 1 aromatic heterocycles. The van der Waals surface area contributed by atoms with Crippen molar-refractivity contribution in [3.05, 3.63) is 52.3 Å².